The molecule has 0 N–H and O–H groups in total. The van der Waals surface area contributed by atoms with E-state index in [1.54, 1.807) is 27.1 Å². The van der Waals surface area contributed by atoms with Crippen LogP contribution in [-0.4, -0.2) is 48.5 Å². The largest absolute Gasteiger partial charge is 0.343 e. The number of urea groups is 1. The number of carbonyl (C=O) groups is 1. The molecule has 134 valence electrons. The predicted molar refractivity (Wildman–Crippen MR) is 100 cm³/mol. The summed E-state index contributed by atoms with van der Waals surface area (Å²) in [5, 5.41) is 3.38. The summed E-state index contributed by atoms with van der Waals surface area (Å²) in [4.78, 5) is 22.7. The second kappa shape index (κ2) is 7.49. The van der Waals surface area contributed by atoms with E-state index in [9.17, 15) is 9.18 Å². The van der Waals surface area contributed by atoms with Crippen molar-refractivity contribution < 1.29 is 9.18 Å². The van der Waals surface area contributed by atoms with Crippen molar-refractivity contribution in [2.45, 2.75) is 13.8 Å². The summed E-state index contributed by atoms with van der Waals surface area (Å²) in [5.41, 5.74) is 0.972. The summed E-state index contributed by atoms with van der Waals surface area (Å²) >= 11 is 5.93. The van der Waals surface area contributed by atoms with Crippen molar-refractivity contribution in [3.8, 4) is 0 Å². The zero-order chi connectivity index (χ0) is 18.8. The van der Waals surface area contributed by atoms with Crippen molar-refractivity contribution >= 4 is 42.4 Å². The molecule has 9 heteroatoms. The Morgan fingerprint density at radius 3 is 2.65 bits per heavy atom. The topological polar surface area (TPSA) is 52.6 Å². The molecular formula is C17H18BClFN5O. The fourth-order valence-corrected chi connectivity index (χ4v) is 2.95. The van der Waals surface area contributed by atoms with Gasteiger partial charge in [-0.3, -0.25) is 9.91 Å². The summed E-state index contributed by atoms with van der Waals surface area (Å²) in [6.45, 7) is 5.51. The molecule has 1 aromatic heterocycles. The Balaban J connectivity index is 1.91. The molecule has 2 amide bonds. The highest BCUT2D eigenvalue weighted by Gasteiger charge is 2.35. The van der Waals surface area contributed by atoms with Crippen LogP contribution in [0.15, 0.2) is 30.5 Å². The van der Waals surface area contributed by atoms with Gasteiger partial charge in [0.2, 0.25) is 5.28 Å². The Labute approximate surface area is 158 Å². The van der Waals surface area contributed by atoms with Crippen molar-refractivity contribution in [3.05, 3.63) is 41.6 Å². The molecule has 2 aromatic rings. The highest BCUT2D eigenvalue weighted by atomic mass is 35.5. The maximum absolute atomic E-state index is 13.2. The Hall–Kier alpha value is -2.35. The van der Waals surface area contributed by atoms with Crippen LogP contribution in [0.1, 0.15) is 13.8 Å². The summed E-state index contributed by atoms with van der Waals surface area (Å²) in [7, 11) is 6.02. The van der Waals surface area contributed by atoms with E-state index in [-0.39, 0.29) is 23.0 Å². The van der Waals surface area contributed by atoms with Crippen LogP contribution in [0.2, 0.25) is 5.28 Å². The summed E-state index contributed by atoms with van der Waals surface area (Å²) in [5.74, 6) is 0.297. The molecule has 1 aliphatic heterocycles. The molecule has 1 aromatic carbocycles. The molecule has 2 radical (unpaired) electrons. The fourth-order valence-electron chi connectivity index (χ4n) is 2.82. The number of hydrazine groups is 1. The van der Waals surface area contributed by atoms with Gasteiger partial charge in [-0.25, -0.2) is 19.2 Å². The first-order valence-corrected chi connectivity index (χ1v) is 8.64. The van der Waals surface area contributed by atoms with E-state index in [2.05, 4.69) is 9.97 Å². The fraction of sp³-hybridized carbons (Fsp3) is 0.353. The number of amides is 2. The van der Waals surface area contributed by atoms with Gasteiger partial charge in [0.1, 0.15) is 19.5 Å². The Kier molecular flexibility index (Phi) is 5.32. The first-order chi connectivity index (χ1) is 12.4. The number of benzene rings is 1. The maximum Gasteiger partial charge on any atom is 0.343 e. The van der Waals surface area contributed by atoms with Gasteiger partial charge in [0, 0.05) is 25.0 Å². The lowest BCUT2D eigenvalue weighted by molar-refractivity contribution is 0.213. The van der Waals surface area contributed by atoms with Crippen molar-refractivity contribution in [2.24, 2.45) is 5.92 Å². The molecule has 1 aliphatic rings. The average molecular weight is 374 g/mol. The zero-order valence-electron chi connectivity index (χ0n) is 14.6. The lowest BCUT2D eigenvalue weighted by Crippen LogP contribution is -2.49. The predicted octanol–water partition coefficient (Wildman–Crippen LogP) is 2.38. The van der Waals surface area contributed by atoms with Gasteiger partial charge in [0.25, 0.3) is 0 Å². The molecule has 0 bridgehead atoms. The molecule has 0 spiro atoms. The number of carbonyl (C=O) groups excluding carboxylic acids is 1. The third-order valence-electron chi connectivity index (χ3n) is 3.97. The van der Waals surface area contributed by atoms with Crippen LogP contribution < -0.4 is 15.4 Å². The molecule has 6 nitrogen and oxygen atoms in total. The second-order valence-corrected chi connectivity index (χ2v) is 6.77. The van der Waals surface area contributed by atoms with Gasteiger partial charge in [-0.2, -0.15) is 4.98 Å². The SMILES string of the molecule is [B]c1cnc(Cl)nc1N(CC(C)C)N1CCN(c2ccc(F)cc2)C1=O. The number of halogens is 2. The Morgan fingerprint density at radius 2 is 2.00 bits per heavy atom. The van der Waals surface area contributed by atoms with Gasteiger partial charge >= 0.3 is 6.03 Å². The number of aromatic nitrogens is 2. The Bertz CT molecular complexity index is 804. The first-order valence-electron chi connectivity index (χ1n) is 8.27. The van der Waals surface area contributed by atoms with Gasteiger partial charge in [0.15, 0.2) is 0 Å². The summed E-state index contributed by atoms with van der Waals surface area (Å²) in [6.07, 6.45) is 1.43. The molecule has 26 heavy (non-hydrogen) atoms. The minimum absolute atomic E-state index is 0.0602. The van der Waals surface area contributed by atoms with Gasteiger partial charge in [0.05, 0.1) is 6.54 Å². The van der Waals surface area contributed by atoms with Crippen molar-refractivity contribution in [1.82, 2.24) is 15.0 Å². The standard InChI is InChI=1S/C17H18BClFN5O/c1-11(2)10-25(15-14(18)9-21-16(19)22-15)24-8-7-23(17(24)26)13-5-3-12(20)4-6-13/h3-6,9,11H,7-8,10H2,1-2H3. The quantitative estimate of drug-likeness (QED) is 0.596. The second-order valence-electron chi connectivity index (χ2n) is 6.43. The van der Waals surface area contributed by atoms with Crippen molar-refractivity contribution in [3.63, 3.8) is 0 Å². The molecule has 2 heterocycles. The summed E-state index contributed by atoms with van der Waals surface area (Å²) < 4.78 is 13.2. The third kappa shape index (κ3) is 3.75. The minimum atomic E-state index is -0.345. The van der Waals surface area contributed by atoms with Crippen LogP contribution in [-0.2, 0) is 0 Å². The highest BCUT2D eigenvalue weighted by molar-refractivity contribution is 6.36. The Morgan fingerprint density at radius 1 is 1.31 bits per heavy atom. The van der Waals surface area contributed by atoms with Crippen LogP contribution in [0.4, 0.5) is 20.7 Å². The van der Waals surface area contributed by atoms with E-state index in [1.807, 2.05) is 13.8 Å². The van der Waals surface area contributed by atoms with E-state index in [1.165, 1.54) is 18.3 Å². The molecule has 0 aliphatic carbocycles. The van der Waals surface area contributed by atoms with E-state index in [0.29, 0.717) is 36.6 Å². The lowest BCUT2D eigenvalue weighted by Gasteiger charge is -2.34. The van der Waals surface area contributed by atoms with E-state index in [0.717, 1.165) is 0 Å². The molecular weight excluding hydrogens is 355 g/mol. The van der Waals surface area contributed by atoms with E-state index in [4.69, 9.17) is 19.4 Å². The smallest absolute Gasteiger partial charge is 0.291 e. The molecule has 1 fully saturated rings. The number of nitrogens with zero attached hydrogens (tertiary/aromatic N) is 5. The number of hydrogen-bond acceptors (Lipinski definition) is 4. The van der Waals surface area contributed by atoms with Crippen LogP contribution in [0.25, 0.3) is 0 Å². The molecule has 0 saturated carbocycles. The third-order valence-corrected chi connectivity index (χ3v) is 4.15. The zero-order valence-corrected chi connectivity index (χ0v) is 15.3. The van der Waals surface area contributed by atoms with Crippen LogP contribution in [0.5, 0.6) is 0 Å². The van der Waals surface area contributed by atoms with Crippen LogP contribution >= 0.6 is 11.6 Å². The van der Waals surface area contributed by atoms with Gasteiger partial charge in [-0.1, -0.05) is 13.8 Å². The molecule has 1 saturated heterocycles. The first kappa shape index (κ1) is 18.4. The van der Waals surface area contributed by atoms with Crippen LogP contribution in [0.3, 0.4) is 0 Å². The molecule has 0 unspecified atom stereocenters. The monoisotopic (exact) mass is 373 g/mol. The molecule has 0 atom stereocenters. The normalized spacial score (nSPS) is 14.4. The molecule has 3 rings (SSSR count). The number of anilines is 2. The van der Waals surface area contributed by atoms with Gasteiger partial charge < -0.3 is 0 Å². The minimum Gasteiger partial charge on any atom is -0.291 e. The van der Waals surface area contributed by atoms with Gasteiger partial charge in [-0.05, 0) is 47.2 Å². The lowest BCUT2D eigenvalue weighted by atomic mass is 9.98. The number of rotatable bonds is 5. The van der Waals surface area contributed by atoms with Crippen LogP contribution in [0, 0.1) is 11.7 Å². The van der Waals surface area contributed by atoms with Crippen molar-refractivity contribution in [1.29, 1.82) is 0 Å². The van der Waals surface area contributed by atoms with Crippen molar-refractivity contribution in [2.75, 3.05) is 29.5 Å². The average Bonchev–Trinajstić information content (AvgIpc) is 2.97. The maximum atomic E-state index is 13.2. The summed E-state index contributed by atoms with van der Waals surface area (Å²) in [6, 6.07) is 5.60. The van der Waals surface area contributed by atoms with E-state index < -0.39 is 0 Å². The van der Waals surface area contributed by atoms with E-state index >= 15 is 0 Å². The number of hydrogen-bond donors (Lipinski definition) is 0. The highest BCUT2D eigenvalue weighted by Crippen LogP contribution is 2.24. The van der Waals surface area contributed by atoms with Gasteiger partial charge in [-0.15, -0.1) is 0 Å².